The Bertz CT molecular complexity index is 725. The number of esters is 1. The van der Waals surface area contributed by atoms with Crippen LogP contribution in [-0.2, 0) is 14.3 Å². The van der Waals surface area contributed by atoms with E-state index in [1.165, 1.54) is 0 Å². The molecular weight excluding hydrogens is 304 g/mol. The van der Waals surface area contributed by atoms with Crippen molar-refractivity contribution in [1.29, 1.82) is 0 Å². The number of nitrogens with one attached hydrogen (secondary N) is 2. The molecule has 1 aromatic rings. The third-order valence-corrected chi connectivity index (χ3v) is 4.15. The molecule has 5 heteroatoms. The molecule has 0 saturated carbocycles. The molecular formula is C19H24N2O3. The van der Waals surface area contributed by atoms with Crippen LogP contribution in [0.2, 0.25) is 0 Å². The highest BCUT2D eigenvalue weighted by Gasteiger charge is 2.26. The van der Waals surface area contributed by atoms with Gasteiger partial charge in [-0.3, -0.25) is 4.79 Å². The highest BCUT2D eigenvalue weighted by atomic mass is 16.5. The molecule has 0 aliphatic carbocycles. The Balaban J connectivity index is 2.23. The molecule has 1 aliphatic rings. The number of rotatable bonds is 4. The Hall–Kier alpha value is -2.56. The summed E-state index contributed by atoms with van der Waals surface area (Å²) in [6.45, 7) is 9.64. The summed E-state index contributed by atoms with van der Waals surface area (Å²) in [6, 6.07) is 5.87. The molecule has 0 unspecified atom stereocenters. The lowest BCUT2D eigenvalue weighted by molar-refractivity contribution is -0.138. The average Bonchev–Trinajstić information content (AvgIpc) is 2.51. The summed E-state index contributed by atoms with van der Waals surface area (Å²) >= 11 is 0. The van der Waals surface area contributed by atoms with Crippen LogP contribution < -0.4 is 10.6 Å². The van der Waals surface area contributed by atoms with Crippen LogP contribution in [0.5, 0.6) is 0 Å². The van der Waals surface area contributed by atoms with Gasteiger partial charge in [0.05, 0.1) is 12.2 Å². The first-order valence-corrected chi connectivity index (χ1v) is 8.06. The van der Waals surface area contributed by atoms with Crippen LogP contribution in [-0.4, -0.2) is 18.5 Å². The lowest BCUT2D eigenvalue weighted by Crippen LogP contribution is -2.28. The predicted octanol–water partition coefficient (Wildman–Crippen LogP) is 3.35. The zero-order chi connectivity index (χ0) is 17.9. The molecule has 0 spiro atoms. The number of ether oxygens (including phenoxy) is 1. The number of para-hydroxylation sites is 1. The first kappa shape index (κ1) is 17.8. The number of aryl methyl sites for hydroxylation is 2. The average molecular weight is 328 g/mol. The van der Waals surface area contributed by atoms with E-state index in [0.29, 0.717) is 17.8 Å². The molecule has 2 rings (SSSR count). The zero-order valence-corrected chi connectivity index (χ0v) is 14.9. The molecule has 5 nitrogen and oxygen atoms in total. The maximum absolute atomic E-state index is 12.7. The number of carbonyl (C=O) groups is 2. The van der Waals surface area contributed by atoms with E-state index in [2.05, 4.69) is 10.6 Å². The Morgan fingerprint density at radius 2 is 1.67 bits per heavy atom. The van der Waals surface area contributed by atoms with Gasteiger partial charge in [0.2, 0.25) is 0 Å². The summed E-state index contributed by atoms with van der Waals surface area (Å²) in [5, 5.41) is 6.09. The van der Waals surface area contributed by atoms with Gasteiger partial charge in [0.25, 0.3) is 5.91 Å². The highest BCUT2D eigenvalue weighted by molar-refractivity contribution is 6.07. The highest BCUT2D eigenvalue weighted by Crippen LogP contribution is 2.26. The van der Waals surface area contributed by atoms with Crippen LogP contribution >= 0.6 is 0 Å². The van der Waals surface area contributed by atoms with Crippen molar-refractivity contribution < 1.29 is 14.3 Å². The topological polar surface area (TPSA) is 67.4 Å². The van der Waals surface area contributed by atoms with Gasteiger partial charge >= 0.3 is 5.97 Å². The monoisotopic (exact) mass is 328 g/mol. The lowest BCUT2D eigenvalue weighted by atomic mass is 9.97. The molecule has 1 amide bonds. The maximum Gasteiger partial charge on any atom is 0.336 e. The van der Waals surface area contributed by atoms with Crippen LogP contribution in [0.25, 0.3) is 0 Å². The molecule has 0 fully saturated rings. The summed E-state index contributed by atoms with van der Waals surface area (Å²) in [5.74, 6) is -0.584. The van der Waals surface area contributed by atoms with Crippen molar-refractivity contribution in [2.24, 2.45) is 0 Å². The fourth-order valence-corrected chi connectivity index (χ4v) is 2.77. The molecule has 24 heavy (non-hydrogen) atoms. The number of anilines is 1. The quantitative estimate of drug-likeness (QED) is 0.832. The van der Waals surface area contributed by atoms with Crippen molar-refractivity contribution in [2.75, 3.05) is 11.9 Å². The largest absolute Gasteiger partial charge is 0.463 e. The van der Waals surface area contributed by atoms with Crippen LogP contribution in [0.1, 0.15) is 38.3 Å². The maximum atomic E-state index is 12.7. The number of hydrogen-bond donors (Lipinski definition) is 2. The van der Waals surface area contributed by atoms with E-state index in [4.69, 9.17) is 4.74 Å². The molecule has 0 radical (unpaired) electrons. The van der Waals surface area contributed by atoms with E-state index in [1.807, 2.05) is 45.9 Å². The van der Waals surface area contributed by atoms with Gasteiger partial charge in [-0.15, -0.1) is 0 Å². The minimum absolute atomic E-state index is 0.202. The van der Waals surface area contributed by atoms with E-state index in [0.717, 1.165) is 28.2 Å². The number of dihydropyridines is 1. The van der Waals surface area contributed by atoms with Crippen molar-refractivity contribution in [3.8, 4) is 0 Å². The minimum Gasteiger partial charge on any atom is -0.463 e. The number of amides is 1. The molecule has 0 bridgehead atoms. The molecule has 128 valence electrons. The molecule has 1 heterocycles. The first-order valence-electron chi connectivity index (χ1n) is 8.06. The SMILES string of the molecule is CCOC(=O)C1=C(C)NC(C)=C(C(=O)Nc2c(C)cccc2C)C1. The van der Waals surface area contributed by atoms with Gasteiger partial charge in [-0.1, -0.05) is 18.2 Å². The van der Waals surface area contributed by atoms with Crippen molar-refractivity contribution in [1.82, 2.24) is 5.32 Å². The minimum atomic E-state index is -0.382. The Kier molecular flexibility index (Phi) is 5.44. The van der Waals surface area contributed by atoms with Crippen molar-refractivity contribution >= 4 is 17.6 Å². The molecule has 1 aliphatic heterocycles. The predicted molar refractivity (Wildman–Crippen MR) is 94.3 cm³/mol. The summed E-state index contributed by atoms with van der Waals surface area (Å²) in [4.78, 5) is 24.8. The fraction of sp³-hybridized carbons (Fsp3) is 0.368. The molecule has 0 atom stereocenters. The van der Waals surface area contributed by atoms with Crippen LogP contribution in [0.4, 0.5) is 5.69 Å². The normalized spacial score (nSPS) is 14.4. The second-order valence-electron chi connectivity index (χ2n) is 5.95. The number of hydrogen-bond acceptors (Lipinski definition) is 4. The third kappa shape index (κ3) is 3.67. The van der Waals surface area contributed by atoms with Crippen molar-refractivity contribution in [2.45, 2.75) is 41.0 Å². The standard InChI is InChI=1S/C19H24N2O3/c1-6-24-19(23)16-10-15(13(4)20-14(16)5)18(22)21-17-11(2)8-7-9-12(17)3/h7-9,20H,6,10H2,1-5H3,(H,21,22). The van der Waals surface area contributed by atoms with Crippen molar-refractivity contribution in [3.05, 3.63) is 51.9 Å². The van der Waals surface area contributed by atoms with Gasteiger partial charge in [0, 0.05) is 29.1 Å². The fourth-order valence-electron chi connectivity index (χ4n) is 2.77. The van der Waals surface area contributed by atoms with E-state index in [9.17, 15) is 9.59 Å². The van der Waals surface area contributed by atoms with Crippen LogP contribution in [0.15, 0.2) is 40.7 Å². The van der Waals surface area contributed by atoms with Gasteiger partial charge in [0.15, 0.2) is 0 Å². The van der Waals surface area contributed by atoms with E-state index >= 15 is 0 Å². The van der Waals surface area contributed by atoms with Crippen LogP contribution in [0, 0.1) is 13.8 Å². The summed E-state index contributed by atoms with van der Waals surface area (Å²) in [6.07, 6.45) is 0.264. The van der Waals surface area contributed by atoms with Gasteiger partial charge < -0.3 is 15.4 Å². The van der Waals surface area contributed by atoms with E-state index in [-0.39, 0.29) is 18.3 Å². The van der Waals surface area contributed by atoms with E-state index in [1.54, 1.807) is 6.92 Å². The van der Waals surface area contributed by atoms with Gasteiger partial charge in [-0.05, 0) is 45.7 Å². The first-order chi connectivity index (χ1) is 11.3. The summed E-state index contributed by atoms with van der Waals surface area (Å²) in [7, 11) is 0. The molecule has 0 aromatic heterocycles. The van der Waals surface area contributed by atoms with Gasteiger partial charge in [-0.25, -0.2) is 4.79 Å². The second-order valence-corrected chi connectivity index (χ2v) is 5.95. The summed E-state index contributed by atoms with van der Waals surface area (Å²) < 4.78 is 5.08. The zero-order valence-electron chi connectivity index (χ0n) is 14.9. The lowest BCUT2D eigenvalue weighted by Gasteiger charge is -2.23. The Morgan fingerprint density at radius 3 is 2.25 bits per heavy atom. The Labute approximate surface area is 142 Å². The smallest absolute Gasteiger partial charge is 0.336 e. The summed E-state index contributed by atoms with van der Waals surface area (Å²) in [5.41, 5.74) is 5.34. The number of carbonyl (C=O) groups excluding carboxylic acids is 2. The molecule has 0 saturated heterocycles. The van der Waals surface area contributed by atoms with Crippen LogP contribution in [0.3, 0.4) is 0 Å². The van der Waals surface area contributed by atoms with E-state index < -0.39 is 0 Å². The third-order valence-electron chi connectivity index (χ3n) is 4.15. The molecule has 1 aromatic carbocycles. The van der Waals surface area contributed by atoms with Gasteiger partial charge in [0.1, 0.15) is 0 Å². The number of benzene rings is 1. The van der Waals surface area contributed by atoms with Crippen molar-refractivity contribution in [3.63, 3.8) is 0 Å². The van der Waals surface area contributed by atoms with Gasteiger partial charge in [-0.2, -0.15) is 0 Å². The number of allylic oxidation sites excluding steroid dienone is 2. The Morgan fingerprint density at radius 1 is 1.08 bits per heavy atom. The molecule has 2 N–H and O–H groups in total. The second kappa shape index (κ2) is 7.34.